The molecule has 2 saturated heterocycles. The van der Waals surface area contributed by atoms with E-state index in [4.69, 9.17) is 14.2 Å². The van der Waals surface area contributed by atoms with Crippen molar-refractivity contribution in [3.05, 3.63) is 11.6 Å². The molecule has 11 unspecified atom stereocenters. The maximum atomic E-state index is 13.0. The van der Waals surface area contributed by atoms with Crippen molar-refractivity contribution >= 4 is 17.7 Å². The number of hydrogen-bond donors (Lipinski definition) is 3. The van der Waals surface area contributed by atoms with Crippen molar-refractivity contribution < 1.29 is 43.9 Å². The lowest BCUT2D eigenvalue weighted by atomic mass is 9.38. The standard InChI is InChI=1S/C22H28O9/c1-8-5-11(24)17(26)20(3)10(8)6-12-22-7-29-21(4,18(27)13(25)15(20)22)16(22)14(19(28)31-12)30-9(2)23/h5,10,12-18,25-27H,6-7H2,1-4H3. The summed E-state index contributed by atoms with van der Waals surface area (Å²) in [6.07, 6.45) is -4.45. The van der Waals surface area contributed by atoms with Crippen LogP contribution in [-0.4, -0.2) is 75.8 Å². The van der Waals surface area contributed by atoms with Crippen molar-refractivity contribution in [1.29, 1.82) is 0 Å². The molecular weight excluding hydrogens is 408 g/mol. The molecule has 9 nitrogen and oxygen atoms in total. The van der Waals surface area contributed by atoms with Crippen LogP contribution in [0, 0.1) is 28.6 Å². The van der Waals surface area contributed by atoms with Gasteiger partial charge in [0.15, 0.2) is 5.78 Å². The molecule has 2 heterocycles. The number of aliphatic hydroxyl groups excluding tert-OH is 3. The van der Waals surface area contributed by atoms with Gasteiger partial charge in [-0.05, 0) is 32.3 Å². The number of hydrogen-bond acceptors (Lipinski definition) is 9. The summed E-state index contributed by atoms with van der Waals surface area (Å²) in [5, 5.41) is 33.6. The van der Waals surface area contributed by atoms with E-state index in [1.54, 1.807) is 20.8 Å². The van der Waals surface area contributed by atoms with Gasteiger partial charge in [-0.3, -0.25) is 9.59 Å². The normalized spacial score (nSPS) is 55.0. The zero-order chi connectivity index (χ0) is 22.7. The molecule has 0 amide bonds. The first-order chi connectivity index (χ1) is 14.4. The Hall–Kier alpha value is -1.81. The highest BCUT2D eigenvalue weighted by molar-refractivity contribution is 5.96. The summed E-state index contributed by atoms with van der Waals surface area (Å²) in [4.78, 5) is 37.4. The molecule has 1 spiro atoms. The highest BCUT2D eigenvalue weighted by Gasteiger charge is 2.82. The molecule has 9 heteroatoms. The van der Waals surface area contributed by atoms with Crippen molar-refractivity contribution in [1.82, 2.24) is 0 Å². The van der Waals surface area contributed by atoms with E-state index in [9.17, 15) is 29.7 Å². The zero-order valence-electron chi connectivity index (χ0n) is 17.9. The molecular formula is C22H28O9. The van der Waals surface area contributed by atoms with Crippen molar-refractivity contribution in [2.75, 3.05) is 6.61 Å². The largest absolute Gasteiger partial charge is 0.459 e. The van der Waals surface area contributed by atoms with E-state index in [-0.39, 0.29) is 12.5 Å². The van der Waals surface area contributed by atoms with E-state index >= 15 is 0 Å². The van der Waals surface area contributed by atoms with Crippen LogP contribution in [0.25, 0.3) is 0 Å². The second kappa shape index (κ2) is 6.15. The average Bonchev–Trinajstić information content (AvgIpc) is 2.95. The fourth-order valence-electron chi connectivity index (χ4n) is 7.86. The van der Waals surface area contributed by atoms with Crippen LogP contribution in [0.1, 0.15) is 34.1 Å². The van der Waals surface area contributed by atoms with Gasteiger partial charge in [-0.1, -0.05) is 12.5 Å². The predicted molar refractivity (Wildman–Crippen MR) is 102 cm³/mol. The molecule has 2 aliphatic heterocycles. The minimum atomic E-state index is -1.42. The summed E-state index contributed by atoms with van der Waals surface area (Å²) in [6.45, 7) is 6.36. The molecule has 11 atom stereocenters. The Balaban J connectivity index is 1.76. The smallest absolute Gasteiger partial charge is 0.348 e. The number of ketones is 1. The molecule has 0 aromatic carbocycles. The molecule has 0 radical (unpaired) electrons. The molecule has 5 aliphatic rings. The van der Waals surface area contributed by atoms with E-state index in [1.165, 1.54) is 13.0 Å². The number of rotatable bonds is 1. The quantitative estimate of drug-likeness (QED) is 0.464. The van der Waals surface area contributed by atoms with Crippen molar-refractivity contribution in [3.8, 4) is 0 Å². The van der Waals surface area contributed by atoms with Crippen LogP contribution in [0.2, 0.25) is 0 Å². The monoisotopic (exact) mass is 436 g/mol. The van der Waals surface area contributed by atoms with Gasteiger partial charge in [0.25, 0.3) is 0 Å². The van der Waals surface area contributed by atoms with Crippen molar-refractivity contribution in [3.63, 3.8) is 0 Å². The molecule has 0 aromatic heterocycles. The van der Waals surface area contributed by atoms with Gasteiger partial charge >= 0.3 is 11.9 Å². The molecule has 170 valence electrons. The maximum Gasteiger partial charge on any atom is 0.348 e. The average molecular weight is 436 g/mol. The summed E-state index contributed by atoms with van der Waals surface area (Å²) < 4.78 is 17.3. The summed E-state index contributed by atoms with van der Waals surface area (Å²) in [5.41, 5.74) is -2.81. The lowest BCUT2D eigenvalue weighted by molar-refractivity contribution is -0.297. The summed E-state index contributed by atoms with van der Waals surface area (Å²) in [7, 11) is 0. The van der Waals surface area contributed by atoms with Gasteiger partial charge in [0.05, 0.1) is 18.6 Å². The van der Waals surface area contributed by atoms with Crippen LogP contribution >= 0.6 is 0 Å². The summed E-state index contributed by atoms with van der Waals surface area (Å²) in [6, 6.07) is 0. The van der Waals surface area contributed by atoms with Gasteiger partial charge in [0.1, 0.15) is 23.9 Å². The fourth-order valence-corrected chi connectivity index (χ4v) is 7.86. The Morgan fingerprint density at radius 3 is 2.52 bits per heavy atom. The number of fused-ring (bicyclic) bond motifs is 2. The maximum absolute atomic E-state index is 13.0. The Kier molecular flexibility index (Phi) is 4.18. The summed E-state index contributed by atoms with van der Waals surface area (Å²) in [5.74, 6) is -3.84. The topological polar surface area (TPSA) is 140 Å². The zero-order valence-corrected chi connectivity index (χ0v) is 17.9. The highest BCUT2D eigenvalue weighted by atomic mass is 16.6. The number of aliphatic hydroxyl groups is 3. The van der Waals surface area contributed by atoms with E-state index in [0.29, 0.717) is 6.42 Å². The third-order valence-electron chi connectivity index (χ3n) is 9.00. The van der Waals surface area contributed by atoms with Gasteiger partial charge < -0.3 is 29.5 Å². The fraction of sp³-hybridized carbons (Fsp3) is 0.773. The molecule has 4 fully saturated rings. The first-order valence-corrected chi connectivity index (χ1v) is 10.7. The second-order valence-corrected chi connectivity index (χ2v) is 10.3. The van der Waals surface area contributed by atoms with Crippen molar-refractivity contribution in [2.24, 2.45) is 28.6 Å². The third kappa shape index (κ3) is 2.23. The Morgan fingerprint density at radius 1 is 1.19 bits per heavy atom. The number of carbonyl (C=O) groups excluding carboxylic acids is 3. The molecule has 31 heavy (non-hydrogen) atoms. The minimum Gasteiger partial charge on any atom is -0.459 e. The van der Waals surface area contributed by atoms with E-state index in [2.05, 4.69) is 0 Å². The van der Waals surface area contributed by atoms with Gasteiger partial charge in [-0.2, -0.15) is 0 Å². The van der Waals surface area contributed by atoms with Crippen LogP contribution in [-0.2, 0) is 28.6 Å². The van der Waals surface area contributed by atoms with Crippen LogP contribution in [0.3, 0.4) is 0 Å². The first-order valence-electron chi connectivity index (χ1n) is 10.7. The van der Waals surface area contributed by atoms with Crippen LogP contribution < -0.4 is 0 Å². The number of carbonyl (C=O) groups is 3. The molecule has 3 N–H and O–H groups in total. The Morgan fingerprint density at radius 2 is 1.87 bits per heavy atom. The minimum absolute atomic E-state index is 0.0364. The van der Waals surface area contributed by atoms with Gasteiger partial charge in [-0.15, -0.1) is 0 Å². The second-order valence-electron chi connectivity index (χ2n) is 10.3. The van der Waals surface area contributed by atoms with Crippen molar-refractivity contribution in [2.45, 2.75) is 70.2 Å². The van der Waals surface area contributed by atoms with Gasteiger partial charge in [0, 0.05) is 23.7 Å². The van der Waals surface area contributed by atoms with E-state index < -0.39 is 76.5 Å². The number of ether oxygens (including phenoxy) is 3. The Labute approximate surface area is 179 Å². The molecule has 3 aliphatic carbocycles. The third-order valence-corrected chi connectivity index (χ3v) is 9.00. The molecule has 5 rings (SSSR count). The summed E-state index contributed by atoms with van der Waals surface area (Å²) >= 11 is 0. The Bertz CT molecular complexity index is 913. The lowest BCUT2D eigenvalue weighted by Gasteiger charge is -2.68. The van der Waals surface area contributed by atoms with E-state index in [0.717, 1.165) is 5.57 Å². The van der Waals surface area contributed by atoms with Gasteiger partial charge in [-0.25, -0.2) is 4.79 Å². The van der Waals surface area contributed by atoms with Crippen LogP contribution in [0.15, 0.2) is 11.6 Å². The van der Waals surface area contributed by atoms with Crippen LogP contribution in [0.4, 0.5) is 0 Å². The van der Waals surface area contributed by atoms with Gasteiger partial charge in [0.2, 0.25) is 6.10 Å². The highest BCUT2D eigenvalue weighted by Crippen LogP contribution is 2.72. The molecule has 0 aromatic rings. The first kappa shape index (κ1) is 21.1. The number of allylic oxidation sites excluding steroid dienone is 1. The predicted octanol–water partition coefficient (Wildman–Crippen LogP) is -0.497. The number of esters is 2. The lowest BCUT2D eigenvalue weighted by Crippen LogP contribution is -2.78. The van der Waals surface area contributed by atoms with Crippen LogP contribution in [0.5, 0.6) is 0 Å². The SMILES string of the molecule is CC(=O)OC1C(=O)OC2CC3C(C)=CC(=O)C(O)C3(C)C3C(O)C(O)C4(C)OCC23C14. The molecule has 2 saturated carbocycles. The molecule has 2 bridgehead atoms. The van der Waals surface area contributed by atoms with E-state index in [1.807, 2.05) is 0 Å².